The standard InChI is InChI=1S/C13H9Cl2NO4S/c14-11-4-3-10(5-12(11)15)21(19,20)7-9-2-1-8(6-16-9)13(17)18/h1-6H,7H2,(H,17,18). The molecule has 0 saturated heterocycles. The van der Waals surface area contributed by atoms with Crippen LogP contribution in [0.5, 0.6) is 0 Å². The molecule has 0 bridgehead atoms. The van der Waals surface area contributed by atoms with Gasteiger partial charge in [0.2, 0.25) is 0 Å². The van der Waals surface area contributed by atoms with Crippen LogP contribution in [0.2, 0.25) is 10.0 Å². The van der Waals surface area contributed by atoms with E-state index in [4.69, 9.17) is 28.3 Å². The Morgan fingerprint density at radius 3 is 2.38 bits per heavy atom. The molecule has 0 aliphatic rings. The van der Waals surface area contributed by atoms with Crippen LogP contribution in [0.25, 0.3) is 0 Å². The summed E-state index contributed by atoms with van der Waals surface area (Å²) in [5.74, 6) is -1.48. The van der Waals surface area contributed by atoms with E-state index in [-0.39, 0.29) is 32.0 Å². The minimum Gasteiger partial charge on any atom is -0.478 e. The van der Waals surface area contributed by atoms with E-state index in [1.54, 1.807) is 0 Å². The monoisotopic (exact) mass is 345 g/mol. The largest absolute Gasteiger partial charge is 0.478 e. The first-order chi connectivity index (χ1) is 9.79. The maximum absolute atomic E-state index is 12.2. The van der Waals surface area contributed by atoms with E-state index in [0.29, 0.717) is 0 Å². The van der Waals surface area contributed by atoms with Crippen molar-refractivity contribution in [1.29, 1.82) is 0 Å². The zero-order valence-corrected chi connectivity index (χ0v) is 12.8. The summed E-state index contributed by atoms with van der Waals surface area (Å²) in [6.07, 6.45) is 1.11. The van der Waals surface area contributed by atoms with Gasteiger partial charge in [-0.1, -0.05) is 23.2 Å². The minimum absolute atomic E-state index is 0.00862. The second kappa shape index (κ2) is 6.01. The molecule has 0 unspecified atom stereocenters. The maximum Gasteiger partial charge on any atom is 0.337 e. The van der Waals surface area contributed by atoms with Gasteiger partial charge >= 0.3 is 5.97 Å². The lowest BCUT2D eigenvalue weighted by Crippen LogP contribution is -2.07. The maximum atomic E-state index is 12.2. The van der Waals surface area contributed by atoms with Gasteiger partial charge in [-0.15, -0.1) is 0 Å². The second-order valence-electron chi connectivity index (χ2n) is 4.18. The molecule has 110 valence electrons. The van der Waals surface area contributed by atoms with Crippen LogP contribution < -0.4 is 0 Å². The molecule has 0 fully saturated rings. The van der Waals surface area contributed by atoms with E-state index in [9.17, 15) is 13.2 Å². The summed E-state index contributed by atoms with van der Waals surface area (Å²) < 4.78 is 24.5. The fraction of sp³-hybridized carbons (Fsp3) is 0.0769. The lowest BCUT2D eigenvalue weighted by Gasteiger charge is -2.06. The number of pyridine rings is 1. The van der Waals surface area contributed by atoms with E-state index >= 15 is 0 Å². The van der Waals surface area contributed by atoms with Gasteiger partial charge in [0.25, 0.3) is 0 Å². The van der Waals surface area contributed by atoms with E-state index in [0.717, 1.165) is 6.20 Å². The summed E-state index contributed by atoms with van der Waals surface area (Å²) in [6.45, 7) is 0. The number of rotatable bonds is 4. The summed E-state index contributed by atoms with van der Waals surface area (Å²) >= 11 is 11.5. The number of hydrogen-bond donors (Lipinski definition) is 1. The molecule has 2 aromatic rings. The molecule has 1 aromatic heterocycles. The van der Waals surface area contributed by atoms with Gasteiger partial charge in [-0.05, 0) is 30.3 Å². The Kier molecular flexibility index (Phi) is 4.51. The van der Waals surface area contributed by atoms with E-state index in [1.165, 1.54) is 30.3 Å². The van der Waals surface area contributed by atoms with Crippen LogP contribution in [0.4, 0.5) is 0 Å². The number of carboxylic acid groups (broad SMARTS) is 1. The summed E-state index contributed by atoms with van der Waals surface area (Å²) in [5, 5.41) is 9.17. The van der Waals surface area contributed by atoms with Crippen molar-refractivity contribution in [3.8, 4) is 0 Å². The van der Waals surface area contributed by atoms with Crippen molar-refractivity contribution in [2.75, 3.05) is 0 Å². The van der Waals surface area contributed by atoms with Gasteiger partial charge in [-0.25, -0.2) is 13.2 Å². The fourth-order valence-electron chi connectivity index (χ4n) is 1.58. The van der Waals surface area contributed by atoms with Gasteiger partial charge in [0, 0.05) is 6.20 Å². The van der Waals surface area contributed by atoms with Gasteiger partial charge in [0.15, 0.2) is 9.84 Å². The Morgan fingerprint density at radius 1 is 1.14 bits per heavy atom. The van der Waals surface area contributed by atoms with Gasteiger partial charge in [0.05, 0.1) is 32.0 Å². The van der Waals surface area contributed by atoms with Crippen molar-refractivity contribution in [3.63, 3.8) is 0 Å². The molecule has 0 radical (unpaired) electrons. The molecule has 0 spiro atoms. The smallest absolute Gasteiger partial charge is 0.337 e. The van der Waals surface area contributed by atoms with Gasteiger partial charge in [0.1, 0.15) is 0 Å². The molecule has 0 atom stereocenters. The molecule has 8 heteroatoms. The Labute approximate surface area is 131 Å². The number of benzene rings is 1. The van der Waals surface area contributed by atoms with E-state index in [2.05, 4.69) is 4.98 Å². The predicted molar refractivity (Wildman–Crippen MR) is 78.5 cm³/mol. The molecular formula is C13H9Cl2NO4S. The minimum atomic E-state index is -3.64. The van der Waals surface area contributed by atoms with Crippen LogP contribution in [0, 0.1) is 0 Å². The van der Waals surface area contributed by atoms with Crippen LogP contribution in [0.1, 0.15) is 16.1 Å². The van der Waals surface area contributed by atoms with Crippen LogP contribution in [0.3, 0.4) is 0 Å². The summed E-state index contributed by atoms with van der Waals surface area (Å²) in [7, 11) is -3.64. The molecule has 0 aliphatic heterocycles. The highest BCUT2D eigenvalue weighted by Crippen LogP contribution is 2.26. The third-order valence-corrected chi connectivity index (χ3v) is 5.05. The molecule has 1 N–H and O–H groups in total. The normalized spacial score (nSPS) is 11.3. The second-order valence-corrected chi connectivity index (χ2v) is 6.98. The summed E-state index contributed by atoms with van der Waals surface area (Å²) in [4.78, 5) is 14.6. The Balaban J connectivity index is 2.28. The Hall–Kier alpha value is -1.63. The van der Waals surface area contributed by atoms with Crippen LogP contribution in [-0.4, -0.2) is 24.5 Å². The molecule has 0 aliphatic carbocycles. The van der Waals surface area contributed by atoms with Gasteiger partial charge in [-0.3, -0.25) is 4.98 Å². The van der Waals surface area contributed by atoms with Gasteiger partial charge < -0.3 is 5.11 Å². The zero-order valence-electron chi connectivity index (χ0n) is 10.5. The number of sulfone groups is 1. The summed E-state index contributed by atoms with van der Waals surface area (Å²) in [5.41, 5.74) is 0.233. The van der Waals surface area contributed by atoms with Crippen molar-refractivity contribution >= 4 is 39.0 Å². The number of nitrogens with zero attached hydrogens (tertiary/aromatic N) is 1. The SMILES string of the molecule is O=C(O)c1ccc(CS(=O)(=O)c2ccc(Cl)c(Cl)c2)nc1. The molecule has 0 saturated carbocycles. The number of hydrogen-bond acceptors (Lipinski definition) is 4. The highest BCUT2D eigenvalue weighted by Gasteiger charge is 2.17. The Morgan fingerprint density at radius 2 is 1.86 bits per heavy atom. The van der Waals surface area contributed by atoms with Crippen molar-refractivity contribution < 1.29 is 18.3 Å². The molecule has 21 heavy (non-hydrogen) atoms. The van der Waals surface area contributed by atoms with Crippen LogP contribution in [0.15, 0.2) is 41.4 Å². The molecule has 1 heterocycles. The number of aromatic carboxylic acids is 1. The van der Waals surface area contributed by atoms with Crippen molar-refractivity contribution in [3.05, 3.63) is 57.8 Å². The van der Waals surface area contributed by atoms with Crippen molar-refractivity contribution in [2.24, 2.45) is 0 Å². The highest BCUT2D eigenvalue weighted by molar-refractivity contribution is 7.90. The average molecular weight is 346 g/mol. The first-order valence-corrected chi connectivity index (χ1v) is 8.06. The molecule has 5 nitrogen and oxygen atoms in total. The third kappa shape index (κ3) is 3.72. The van der Waals surface area contributed by atoms with Crippen LogP contribution in [-0.2, 0) is 15.6 Å². The highest BCUT2D eigenvalue weighted by atomic mass is 35.5. The lowest BCUT2D eigenvalue weighted by atomic mass is 10.2. The third-order valence-electron chi connectivity index (χ3n) is 2.66. The molecule has 1 aromatic carbocycles. The quantitative estimate of drug-likeness (QED) is 0.920. The zero-order chi connectivity index (χ0) is 15.6. The lowest BCUT2D eigenvalue weighted by molar-refractivity contribution is 0.0696. The van der Waals surface area contributed by atoms with E-state index < -0.39 is 15.8 Å². The van der Waals surface area contributed by atoms with Crippen LogP contribution >= 0.6 is 23.2 Å². The topological polar surface area (TPSA) is 84.3 Å². The van der Waals surface area contributed by atoms with Gasteiger partial charge in [-0.2, -0.15) is 0 Å². The number of halogens is 2. The number of carboxylic acids is 1. The Bertz CT molecular complexity index is 788. The predicted octanol–water partition coefficient (Wildman–Crippen LogP) is 3.06. The first-order valence-electron chi connectivity index (χ1n) is 5.65. The molecule has 2 rings (SSSR count). The molecular weight excluding hydrogens is 337 g/mol. The molecule has 0 amide bonds. The number of carbonyl (C=O) groups is 1. The van der Waals surface area contributed by atoms with E-state index in [1.807, 2.05) is 0 Å². The summed E-state index contributed by atoms with van der Waals surface area (Å²) in [6, 6.07) is 6.69. The first kappa shape index (κ1) is 15.8. The number of aromatic nitrogens is 1. The van der Waals surface area contributed by atoms with Crippen molar-refractivity contribution in [2.45, 2.75) is 10.6 Å². The average Bonchev–Trinajstić information content (AvgIpc) is 2.42. The van der Waals surface area contributed by atoms with Crippen molar-refractivity contribution in [1.82, 2.24) is 4.98 Å². The fourth-order valence-corrected chi connectivity index (χ4v) is 3.25.